The predicted molar refractivity (Wildman–Crippen MR) is 74.4 cm³/mol. The Bertz CT molecular complexity index is 571. The van der Waals surface area contributed by atoms with Gasteiger partial charge in [0.15, 0.2) is 0 Å². The van der Waals surface area contributed by atoms with E-state index in [0.29, 0.717) is 6.54 Å². The molecule has 7 heteroatoms. The Morgan fingerprint density at radius 2 is 2.35 bits per heavy atom. The van der Waals surface area contributed by atoms with Gasteiger partial charge in [0.1, 0.15) is 11.9 Å². The Balaban J connectivity index is 2.54. The zero-order valence-electron chi connectivity index (χ0n) is 11.3. The van der Waals surface area contributed by atoms with Gasteiger partial charge in [-0.3, -0.25) is 15.1 Å². The van der Waals surface area contributed by atoms with Gasteiger partial charge in [-0.1, -0.05) is 6.07 Å². The topological polar surface area (TPSA) is 85.0 Å². The summed E-state index contributed by atoms with van der Waals surface area (Å²) in [7, 11) is 0. The minimum absolute atomic E-state index is 0.118. The van der Waals surface area contributed by atoms with E-state index in [4.69, 9.17) is 4.74 Å². The third kappa shape index (κ3) is 2.47. The summed E-state index contributed by atoms with van der Waals surface area (Å²) in [6, 6.07) is 4.39. The number of carbonyl (C=O) groups excluding carboxylic acids is 1. The molecule has 1 aliphatic rings. The van der Waals surface area contributed by atoms with Crippen molar-refractivity contribution in [3.63, 3.8) is 0 Å². The summed E-state index contributed by atoms with van der Waals surface area (Å²) in [5.41, 5.74) is 0.340. The van der Waals surface area contributed by atoms with Gasteiger partial charge in [0, 0.05) is 12.3 Å². The number of rotatable bonds is 4. The van der Waals surface area contributed by atoms with E-state index in [-0.39, 0.29) is 29.7 Å². The van der Waals surface area contributed by atoms with Crippen LogP contribution in [0.15, 0.2) is 23.2 Å². The summed E-state index contributed by atoms with van der Waals surface area (Å²) in [4.78, 5) is 28.6. The highest BCUT2D eigenvalue weighted by molar-refractivity contribution is 5.99. The largest absolute Gasteiger partial charge is 0.462 e. The first-order valence-corrected chi connectivity index (χ1v) is 6.29. The fourth-order valence-corrected chi connectivity index (χ4v) is 2.15. The van der Waals surface area contributed by atoms with Gasteiger partial charge in [-0.15, -0.1) is 0 Å². The number of esters is 1. The summed E-state index contributed by atoms with van der Waals surface area (Å²) < 4.78 is 4.97. The molecular formula is C13H15N3O4. The Labute approximate surface area is 116 Å². The number of ether oxygens (including phenoxy) is 1. The molecule has 0 spiro atoms. The highest BCUT2D eigenvalue weighted by atomic mass is 16.6. The van der Waals surface area contributed by atoms with Crippen LogP contribution in [0, 0.1) is 10.1 Å². The summed E-state index contributed by atoms with van der Waals surface area (Å²) in [6.07, 6.45) is 1.43. The number of nitro benzene ring substituents is 1. The van der Waals surface area contributed by atoms with Crippen molar-refractivity contribution in [2.45, 2.75) is 20.0 Å². The molecule has 0 bridgehead atoms. The van der Waals surface area contributed by atoms with E-state index in [2.05, 4.69) is 4.99 Å². The van der Waals surface area contributed by atoms with Gasteiger partial charge in [-0.2, -0.15) is 0 Å². The summed E-state index contributed by atoms with van der Waals surface area (Å²) >= 11 is 0. The zero-order valence-corrected chi connectivity index (χ0v) is 11.3. The van der Waals surface area contributed by atoms with E-state index in [9.17, 15) is 14.9 Å². The lowest BCUT2D eigenvalue weighted by Crippen LogP contribution is -2.30. The third-order valence-corrected chi connectivity index (χ3v) is 3.04. The molecule has 1 heterocycles. The van der Waals surface area contributed by atoms with Crippen molar-refractivity contribution in [3.8, 4) is 0 Å². The SMILES string of the molecule is CCOC(=O)c1cccc([N+](=O)[O-])c1N1CC=NC1C. The number of hydrogen-bond donors (Lipinski definition) is 0. The number of anilines is 1. The molecule has 0 saturated heterocycles. The van der Waals surface area contributed by atoms with E-state index in [1.807, 2.05) is 6.92 Å². The molecule has 1 atom stereocenters. The lowest BCUT2D eigenvalue weighted by molar-refractivity contribution is -0.384. The number of hydrogen-bond acceptors (Lipinski definition) is 6. The lowest BCUT2D eigenvalue weighted by atomic mass is 10.1. The van der Waals surface area contributed by atoms with Crippen LogP contribution in [0.1, 0.15) is 24.2 Å². The molecule has 106 valence electrons. The second-order valence-electron chi connectivity index (χ2n) is 4.27. The Kier molecular flexibility index (Phi) is 3.97. The lowest BCUT2D eigenvalue weighted by Gasteiger charge is -2.24. The van der Waals surface area contributed by atoms with E-state index in [1.54, 1.807) is 18.0 Å². The highest BCUT2D eigenvalue weighted by Crippen LogP contribution is 2.34. The second kappa shape index (κ2) is 5.68. The van der Waals surface area contributed by atoms with Crippen molar-refractivity contribution in [1.82, 2.24) is 0 Å². The van der Waals surface area contributed by atoms with E-state index in [1.165, 1.54) is 18.2 Å². The van der Waals surface area contributed by atoms with Crippen molar-refractivity contribution in [2.24, 2.45) is 4.99 Å². The summed E-state index contributed by atoms with van der Waals surface area (Å²) in [5.74, 6) is -0.565. The molecule has 0 saturated carbocycles. The average Bonchev–Trinajstić information content (AvgIpc) is 2.84. The Hall–Kier alpha value is -2.44. The number of carbonyl (C=O) groups is 1. The van der Waals surface area contributed by atoms with E-state index >= 15 is 0 Å². The quantitative estimate of drug-likeness (QED) is 0.477. The molecule has 0 fully saturated rings. The number of benzene rings is 1. The van der Waals surface area contributed by atoms with Crippen molar-refractivity contribution in [2.75, 3.05) is 18.1 Å². The molecule has 2 rings (SSSR count). The first kappa shape index (κ1) is 14.0. The molecule has 0 amide bonds. The third-order valence-electron chi connectivity index (χ3n) is 3.04. The minimum Gasteiger partial charge on any atom is -0.462 e. The second-order valence-corrected chi connectivity index (χ2v) is 4.27. The molecule has 0 radical (unpaired) electrons. The molecule has 1 aliphatic heterocycles. The predicted octanol–water partition coefficient (Wildman–Crippen LogP) is 2.01. The first-order chi connectivity index (χ1) is 9.56. The smallest absolute Gasteiger partial charge is 0.340 e. The molecule has 1 unspecified atom stereocenters. The first-order valence-electron chi connectivity index (χ1n) is 6.29. The number of nitrogens with zero attached hydrogens (tertiary/aromatic N) is 3. The van der Waals surface area contributed by atoms with Crippen LogP contribution in [0.4, 0.5) is 11.4 Å². The van der Waals surface area contributed by atoms with Crippen molar-refractivity contribution in [1.29, 1.82) is 0 Å². The fourth-order valence-electron chi connectivity index (χ4n) is 2.15. The normalized spacial score (nSPS) is 17.3. The van der Waals surface area contributed by atoms with Crippen molar-refractivity contribution < 1.29 is 14.5 Å². The Morgan fingerprint density at radius 3 is 2.90 bits per heavy atom. The molecule has 0 aliphatic carbocycles. The zero-order chi connectivity index (χ0) is 14.7. The number of para-hydroxylation sites is 1. The maximum atomic E-state index is 12.0. The maximum absolute atomic E-state index is 12.0. The molecule has 7 nitrogen and oxygen atoms in total. The van der Waals surface area contributed by atoms with Crippen LogP contribution < -0.4 is 4.90 Å². The molecule has 20 heavy (non-hydrogen) atoms. The van der Waals surface area contributed by atoms with Crippen molar-refractivity contribution >= 4 is 23.6 Å². The van der Waals surface area contributed by atoms with Crippen LogP contribution >= 0.6 is 0 Å². The molecule has 0 N–H and O–H groups in total. The monoisotopic (exact) mass is 277 g/mol. The molecule has 1 aromatic rings. The van der Waals surface area contributed by atoms with Crippen LogP contribution in [0.5, 0.6) is 0 Å². The van der Waals surface area contributed by atoms with E-state index in [0.717, 1.165) is 0 Å². The standard InChI is InChI=1S/C13H15N3O4/c1-3-20-13(17)10-5-4-6-11(16(18)19)12(10)15-8-7-14-9(15)2/h4-7,9H,3,8H2,1-2H3. The highest BCUT2D eigenvalue weighted by Gasteiger charge is 2.30. The van der Waals surface area contributed by atoms with Crippen LogP contribution in [0.3, 0.4) is 0 Å². The van der Waals surface area contributed by atoms with Gasteiger partial charge in [-0.25, -0.2) is 4.79 Å². The summed E-state index contributed by atoms with van der Waals surface area (Å²) in [6.45, 7) is 4.15. The van der Waals surface area contributed by atoms with Crippen LogP contribution in [0.25, 0.3) is 0 Å². The summed E-state index contributed by atoms with van der Waals surface area (Å²) in [5, 5.41) is 11.2. The van der Waals surface area contributed by atoms with Crippen LogP contribution in [-0.4, -0.2) is 36.4 Å². The van der Waals surface area contributed by atoms with Gasteiger partial charge in [-0.05, 0) is 19.9 Å². The minimum atomic E-state index is -0.565. The number of nitro groups is 1. The van der Waals surface area contributed by atoms with Crippen LogP contribution in [-0.2, 0) is 4.74 Å². The van der Waals surface area contributed by atoms with E-state index < -0.39 is 10.9 Å². The Morgan fingerprint density at radius 1 is 1.60 bits per heavy atom. The van der Waals surface area contributed by atoms with Gasteiger partial charge < -0.3 is 9.64 Å². The maximum Gasteiger partial charge on any atom is 0.340 e. The van der Waals surface area contributed by atoms with Gasteiger partial charge in [0.2, 0.25) is 0 Å². The van der Waals surface area contributed by atoms with Gasteiger partial charge in [0.05, 0.1) is 23.6 Å². The average molecular weight is 277 g/mol. The van der Waals surface area contributed by atoms with Gasteiger partial charge in [0.25, 0.3) is 5.69 Å². The number of aliphatic imine (C=N–C) groups is 1. The molecular weight excluding hydrogens is 262 g/mol. The van der Waals surface area contributed by atoms with Gasteiger partial charge >= 0.3 is 5.97 Å². The molecule has 1 aromatic carbocycles. The van der Waals surface area contributed by atoms with Crippen molar-refractivity contribution in [3.05, 3.63) is 33.9 Å². The molecule has 0 aromatic heterocycles. The van der Waals surface area contributed by atoms with Crippen LogP contribution in [0.2, 0.25) is 0 Å². The fraction of sp³-hybridized carbons (Fsp3) is 0.385.